The van der Waals surface area contributed by atoms with E-state index in [1.54, 1.807) is 0 Å². The van der Waals surface area contributed by atoms with E-state index in [1.165, 1.54) is 12.8 Å². The lowest BCUT2D eigenvalue weighted by molar-refractivity contribution is -0.120. The zero-order valence-corrected chi connectivity index (χ0v) is 17.5. The molecule has 29 heavy (non-hydrogen) atoms. The molecule has 0 unspecified atom stereocenters. The van der Waals surface area contributed by atoms with Crippen LogP contribution in [0, 0.1) is 19.8 Å². The van der Waals surface area contributed by atoms with Crippen LogP contribution in [0.2, 0.25) is 0 Å². The number of nitrogens with zero attached hydrogens (tertiary/aromatic N) is 2. The van der Waals surface area contributed by atoms with Crippen molar-refractivity contribution in [2.45, 2.75) is 40.2 Å². The van der Waals surface area contributed by atoms with E-state index in [4.69, 9.17) is 0 Å². The van der Waals surface area contributed by atoms with Crippen LogP contribution in [0.15, 0.2) is 36.5 Å². The SMILES string of the molecule is Cc1cc(C)cc(C(=O)NCC(=O)NCc2ccc(N3CCC(C)CC3)nc2)c1. The molecule has 0 radical (unpaired) electrons. The number of hydrogen-bond acceptors (Lipinski definition) is 4. The summed E-state index contributed by atoms with van der Waals surface area (Å²) >= 11 is 0. The minimum atomic E-state index is -0.242. The number of benzene rings is 1. The van der Waals surface area contributed by atoms with E-state index in [9.17, 15) is 9.59 Å². The Balaban J connectivity index is 1.43. The second-order valence-electron chi connectivity index (χ2n) is 8.03. The highest BCUT2D eigenvalue weighted by molar-refractivity contribution is 5.96. The number of amides is 2. The third-order valence-electron chi connectivity index (χ3n) is 5.30. The molecule has 0 spiro atoms. The molecule has 2 heterocycles. The maximum atomic E-state index is 12.2. The van der Waals surface area contributed by atoms with Crippen LogP contribution in [0.1, 0.15) is 46.8 Å². The fourth-order valence-corrected chi connectivity index (χ4v) is 3.58. The van der Waals surface area contributed by atoms with Gasteiger partial charge in [0, 0.05) is 31.4 Å². The summed E-state index contributed by atoms with van der Waals surface area (Å²) in [6, 6.07) is 9.65. The average Bonchev–Trinajstić information content (AvgIpc) is 2.71. The standard InChI is InChI=1S/C23H30N4O2/c1-16-6-8-27(9-7-16)21-5-4-19(13-24-21)14-25-22(28)15-26-23(29)20-11-17(2)10-18(3)12-20/h4-5,10-13,16H,6-9,14-15H2,1-3H3,(H,25,28)(H,26,29). The minimum Gasteiger partial charge on any atom is -0.357 e. The van der Waals surface area contributed by atoms with Gasteiger partial charge in [0.1, 0.15) is 5.82 Å². The lowest BCUT2D eigenvalue weighted by atomic mass is 9.99. The number of piperidine rings is 1. The number of aryl methyl sites for hydroxylation is 2. The normalized spacial score (nSPS) is 14.5. The lowest BCUT2D eigenvalue weighted by Crippen LogP contribution is -2.36. The van der Waals surface area contributed by atoms with Crippen LogP contribution >= 0.6 is 0 Å². The molecule has 2 aromatic rings. The summed E-state index contributed by atoms with van der Waals surface area (Å²) in [6.45, 7) is 8.62. The molecular formula is C23H30N4O2. The molecular weight excluding hydrogens is 364 g/mol. The number of anilines is 1. The maximum absolute atomic E-state index is 12.2. The van der Waals surface area contributed by atoms with Gasteiger partial charge in [0.25, 0.3) is 5.91 Å². The largest absolute Gasteiger partial charge is 0.357 e. The van der Waals surface area contributed by atoms with E-state index in [0.29, 0.717) is 12.1 Å². The first-order chi connectivity index (χ1) is 13.9. The molecule has 1 aromatic carbocycles. The summed E-state index contributed by atoms with van der Waals surface area (Å²) in [6.07, 6.45) is 4.21. The Morgan fingerprint density at radius 2 is 1.76 bits per heavy atom. The van der Waals surface area contributed by atoms with Gasteiger partial charge in [-0.15, -0.1) is 0 Å². The highest BCUT2D eigenvalue weighted by atomic mass is 16.2. The number of aromatic nitrogens is 1. The van der Waals surface area contributed by atoms with Gasteiger partial charge in [-0.1, -0.05) is 30.2 Å². The van der Waals surface area contributed by atoms with Crippen molar-refractivity contribution < 1.29 is 9.59 Å². The van der Waals surface area contributed by atoms with Crippen LogP contribution < -0.4 is 15.5 Å². The number of pyridine rings is 1. The monoisotopic (exact) mass is 394 g/mol. The Hall–Kier alpha value is -2.89. The second kappa shape index (κ2) is 9.54. The molecule has 1 fully saturated rings. The quantitative estimate of drug-likeness (QED) is 0.790. The topological polar surface area (TPSA) is 74.3 Å². The minimum absolute atomic E-state index is 0.0523. The first-order valence-electron chi connectivity index (χ1n) is 10.2. The van der Waals surface area contributed by atoms with E-state index in [0.717, 1.165) is 41.5 Å². The van der Waals surface area contributed by atoms with E-state index in [-0.39, 0.29) is 18.4 Å². The third kappa shape index (κ3) is 6.04. The molecule has 154 valence electrons. The summed E-state index contributed by atoms with van der Waals surface area (Å²) < 4.78 is 0. The Kier molecular flexibility index (Phi) is 6.86. The lowest BCUT2D eigenvalue weighted by Gasteiger charge is -2.31. The number of nitrogens with one attached hydrogen (secondary N) is 2. The summed E-state index contributed by atoms with van der Waals surface area (Å²) in [5, 5.41) is 5.50. The predicted octanol–water partition coefficient (Wildman–Crippen LogP) is 2.98. The van der Waals surface area contributed by atoms with Crippen molar-refractivity contribution >= 4 is 17.6 Å². The zero-order valence-electron chi connectivity index (χ0n) is 17.5. The first kappa shape index (κ1) is 20.8. The summed E-state index contributed by atoms with van der Waals surface area (Å²) in [5.74, 6) is 1.31. The van der Waals surface area contributed by atoms with Gasteiger partial charge in [-0.25, -0.2) is 4.98 Å². The molecule has 0 aliphatic carbocycles. The first-order valence-corrected chi connectivity index (χ1v) is 10.2. The summed E-state index contributed by atoms with van der Waals surface area (Å²) in [5.41, 5.74) is 3.56. The van der Waals surface area contributed by atoms with Crippen molar-refractivity contribution in [3.05, 3.63) is 58.8 Å². The van der Waals surface area contributed by atoms with Crippen molar-refractivity contribution in [3.8, 4) is 0 Å². The Morgan fingerprint density at radius 3 is 2.38 bits per heavy atom. The van der Waals surface area contributed by atoms with Crippen molar-refractivity contribution in [1.82, 2.24) is 15.6 Å². The summed E-state index contributed by atoms with van der Waals surface area (Å²) in [7, 11) is 0. The van der Waals surface area contributed by atoms with Gasteiger partial charge in [-0.2, -0.15) is 0 Å². The number of hydrogen-bond donors (Lipinski definition) is 2. The van der Waals surface area contributed by atoms with Gasteiger partial charge in [0.05, 0.1) is 6.54 Å². The molecule has 1 aromatic heterocycles. The molecule has 6 nitrogen and oxygen atoms in total. The van der Waals surface area contributed by atoms with Gasteiger partial charge in [0.2, 0.25) is 5.91 Å². The van der Waals surface area contributed by atoms with Crippen LogP contribution in [0.25, 0.3) is 0 Å². The van der Waals surface area contributed by atoms with E-state index in [2.05, 4.69) is 27.4 Å². The van der Waals surface area contributed by atoms with Gasteiger partial charge in [-0.05, 0) is 56.4 Å². The van der Waals surface area contributed by atoms with Crippen LogP contribution in [0.4, 0.5) is 5.82 Å². The Bertz CT molecular complexity index is 835. The summed E-state index contributed by atoms with van der Waals surface area (Å²) in [4.78, 5) is 31.2. The maximum Gasteiger partial charge on any atom is 0.251 e. The molecule has 0 bridgehead atoms. The van der Waals surface area contributed by atoms with Crippen molar-refractivity contribution in [3.63, 3.8) is 0 Å². The van der Waals surface area contributed by atoms with Crippen LogP contribution in [-0.2, 0) is 11.3 Å². The Labute approximate surface area is 172 Å². The molecule has 3 rings (SSSR count). The molecule has 6 heteroatoms. The number of carbonyl (C=O) groups is 2. The zero-order chi connectivity index (χ0) is 20.8. The van der Waals surface area contributed by atoms with E-state index >= 15 is 0 Å². The van der Waals surface area contributed by atoms with Crippen LogP contribution in [-0.4, -0.2) is 36.4 Å². The molecule has 1 aliphatic rings. The molecule has 0 atom stereocenters. The molecule has 1 aliphatic heterocycles. The second-order valence-corrected chi connectivity index (χ2v) is 8.03. The van der Waals surface area contributed by atoms with Gasteiger partial charge in [-0.3, -0.25) is 9.59 Å². The van der Waals surface area contributed by atoms with Crippen molar-refractivity contribution in [1.29, 1.82) is 0 Å². The molecule has 2 N–H and O–H groups in total. The molecule has 0 saturated carbocycles. The number of rotatable bonds is 6. The van der Waals surface area contributed by atoms with Crippen molar-refractivity contribution in [2.24, 2.45) is 5.92 Å². The van der Waals surface area contributed by atoms with Crippen LogP contribution in [0.5, 0.6) is 0 Å². The highest BCUT2D eigenvalue weighted by Crippen LogP contribution is 2.21. The van der Waals surface area contributed by atoms with E-state index in [1.807, 2.05) is 50.4 Å². The highest BCUT2D eigenvalue weighted by Gasteiger charge is 2.16. The fourth-order valence-electron chi connectivity index (χ4n) is 3.58. The Morgan fingerprint density at radius 1 is 1.07 bits per heavy atom. The van der Waals surface area contributed by atoms with Gasteiger partial charge >= 0.3 is 0 Å². The van der Waals surface area contributed by atoms with Crippen molar-refractivity contribution in [2.75, 3.05) is 24.5 Å². The van der Waals surface area contributed by atoms with E-state index < -0.39 is 0 Å². The average molecular weight is 395 g/mol. The number of carbonyl (C=O) groups excluding carboxylic acids is 2. The van der Waals surface area contributed by atoms with Crippen LogP contribution in [0.3, 0.4) is 0 Å². The van der Waals surface area contributed by atoms with Gasteiger partial charge in [0.15, 0.2) is 0 Å². The third-order valence-corrected chi connectivity index (χ3v) is 5.30. The predicted molar refractivity (Wildman–Crippen MR) is 115 cm³/mol. The smallest absolute Gasteiger partial charge is 0.251 e. The fraction of sp³-hybridized carbons (Fsp3) is 0.435. The van der Waals surface area contributed by atoms with Gasteiger partial charge < -0.3 is 15.5 Å². The molecule has 2 amide bonds. The molecule has 1 saturated heterocycles.